The van der Waals surface area contributed by atoms with Gasteiger partial charge in [-0.1, -0.05) is 17.3 Å². The molecule has 4 rings (SSSR count). The third kappa shape index (κ3) is 3.00. The van der Waals surface area contributed by atoms with E-state index in [1.807, 2.05) is 38.1 Å². The van der Waals surface area contributed by atoms with Gasteiger partial charge in [-0.25, -0.2) is 9.59 Å². The van der Waals surface area contributed by atoms with Crippen molar-refractivity contribution in [2.45, 2.75) is 33.4 Å². The van der Waals surface area contributed by atoms with Crippen molar-refractivity contribution in [3.05, 3.63) is 58.1 Å². The fourth-order valence-corrected chi connectivity index (χ4v) is 3.54. The molecule has 0 bridgehead atoms. The Morgan fingerprint density at radius 3 is 2.64 bits per heavy atom. The van der Waals surface area contributed by atoms with Gasteiger partial charge in [0.2, 0.25) is 0 Å². The number of hydrogen-bond acceptors (Lipinski definition) is 6. The van der Waals surface area contributed by atoms with E-state index in [-0.39, 0.29) is 19.2 Å². The number of nitrogens with one attached hydrogen (secondary N) is 1. The Hall–Kier alpha value is -3.29. The number of nitrogens with zero attached hydrogens (tertiary/aromatic N) is 2. The van der Waals surface area contributed by atoms with Crippen molar-refractivity contribution in [2.75, 3.05) is 13.2 Å². The van der Waals surface area contributed by atoms with Crippen LogP contribution in [0.1, 0.15) is 35.5 Å². The lowest BCUT2D eigenvalue weighted by atomic mass is 9.95. The van der Waals surface area contributed by atoms with E-state index >= 15 is 0 Å². The Morgan fingerprint density at radius 1 is 1.25 bits per heavy atom. The van der Waals surface area contributed by atoms with Gasteiger partial charge in [0.25, 0.3) is 0 Å². The van der Waals surface area contributed by atoms with E-state index in [1.165, 1.54) is 4.90 Å². The molecular formula is C20H21N3O5. The first kappa shape index (κ1) is 18.1. The summed E-state index contributed by atoms with van der Waals surface area (Å²) in [5, 5.41) is 6.86. The van der Waals surface area contributed by atoms with E-state index in [0.717, 1.165) is 16.9 Å². The molecule has 0 radical (unpaired) electrons. The molecular weight excluding hydrogens is 362 g/mol. The van der Waals surface area contributed by atoms with Crippen LogP contribution in [-0.4, -0.2) is 35.3 Å². The zero-order chi connectivity index (χ0) is 19.8. The van der Waals surface area contributed by atoms with Gasteiger partial charge < -0.3 is 19.3 Å². The van der Waals surface area contributed by atoms with Crippen molar-refractivity contribution < 1.29 is 23.6 Å². The minimum Gasteiger partial charge on any atom is -0.494 e. The third-order valence-corrected chi connectivity index (χ3v) is 5.02. The zero-order valence-electron chi connectivity index (χ0n) is 15.9. The highest BCUT2D eigenvalue weighted by Crippen LogP contribution is 2.36. The van der Waals surface area contributed by atoms with Gasteiger partial charge in [-0.3, -0.25) is 4.90 Å². The van der Waals surface area contributed by atoms with E-state index < -0.39 is 12.0 Å². The summed E-state index contributed by atoms with van der Waals surface area (Å²) in [7, 11) is 0. The Kier molecular flexibility index (Phi) is 4.54. The first-order chi connectivity index (χ1) is 13.5. The summed E-state index contributed by atoms with van der Waals surface area (Å²) in [5.41, 5.74) is 3.36. The molecule has 1 aromatic heterocycles. The molecule has 1 aromatic carbocycles. The summed E-state index contributed by atoms with van der Waals surface area (Å²) in [6.07, 6.45) is 0. The first-order valence-corrected chi connectivity index (χ1v) is 9.12. The number of ether oxygens (including phenoxy) is 2. The molecule has 0 aliphatic carbocycles. The average Bonchev–Trinajstić information content (AvgIpc) is 3.21. The van der Waals surface area contributed by atoms with Crippen molar-refractivity contribution in [1.29, 1.82) is 0 Å². The molecule has 2 aliphatic heterocycles. The SMILES string of the molecule is CCOc1ccc(C2NC(=O)N(Cc3c(C)noc3C)C3=C2C(=O)OC3)cc1. The number of hydrogen-bond donors (Lipinski definition) is 1. The monoisotopic (exact) mass is 383 g/mol. The number of aryl methyl sites for hydroxylation is 2. The number of carbonyl (C=O) groups is 2. The van der Waals surface area contributed by atoms with Crippen LogP contribution in [0.25, 0.3) is 0 Å². The van der Waals surface area contributed by atoms with Gasteiger partial charge >= 0.3 is 12.0 Å². The molecule has 1 unspecified atom stereocenters. The van der Waals surface area contributed by atoms with Crippen LogP contribution in [0.2, 0.25) is 0 Å². The largest absolute Gasteiger partial charge is 0.494 e. The van der Waals surface area contributed by atoms with Crippen molar-refractivity contribution in [2.24, 2.45) is 0 Å². The molecule has 8 nitrogen and oxygen atoms in total. The summed E-state index contributed by atoms with van der Waals surface area (Å²) in [5.74, 6) is 0.959. The molecule has 0 saturated heterocycles. The van der Waals surface area contributed by atoms with Crippen LogP contribution in [0.15, 0.2) is 40.1 Å². The third-order valence-electron chi connectivity index (χ3n) is 5.02. The maximum absolute atomic E-state index is 12.9. The molecule has 1 N–H and O–H groups in total. The predicted octanol–water partition coefficient (Wildman–Crippen LogP) is 2.77. The molecule has 0 spiro atoms. The summed E-state index contributed by atoms with van der Waals surface area (Å²) >= 11 is 0. The van der Waals surface area contributed by atoms with Gasteiger partial charge in [-0.15, -0.1) is 0 Å². The van der Waals surface area contributed by atoms with Crippen molar-refractivity contribution in [3.63, 3.8) is 0 Å². The fourth-order valence-electron chi connectivity index (χ4n) is 3.54. The van der Waals surface area contributed by atoms with Gasteiger partial charge in [0, 0.05) is 5.56 Å². The van der Waals surface area contributed by atoms with Gasteiger partial charge in [-0.2, -0.15) is 0 Å². The van der Waals surface area contributed by atoms with E-state index in [9.17, 15) is 9.59 Å². The Morgan fingerprint density at radius 2 is 2.00 bits per heavy atom. The molecule has 0 saturated carbocycles. The highest BCUT2D eigenvalue weighted by Gasteiger charge is 2.42. The summed E-state index contributed by atoms with van der Waals surface area (Å²) < 4.78 is 15.9. The topological polar surface area (TPSA) is 93.9 Å². The van der Waals surface area contributed by atoms with E-state index in [4.69, 9.17) is 14.0 Å². The normalized spacial score (nSPS) is 18.8. The number of aromatic nitrogens is 1. The van der Waals surface area contributed by atoms with Crippen LogP contribution in [0, 0.1) is 13.8 Å². The maximum Gasteiger partial charge on any atom is 0.338 e. The van der Waals surface area contributed by atoms with Crippen molar-refractivity contribution in [3.8, 4) is 5.75 Å². The number of cyclic esters (lactones) is 1. The molecule has 2 amide bonds. The maximum atomic E-state index is 12.9. The Labute approximate surface area is 162 Å². The summed E-state index contributed by atoms with van der Waals surface area (Å²) in [6.45, 7) is 6.43. The molecule has 28 heavy (non-hydrogen) atoms. The molecule has 2 aromatic rings. The van der Waals surface area contributed by atoms with Crippen LogP contribution in [-0.2, 0) is 16.1 Å². The van der Waals surface area contributed by atoms with Crippen molar-refractivity contribution in [1.82, 2.24) is 15.4 Å². The molecule has 2 aliphatic rings. The molecule has 1 atom stereocenters. The molecule has 8 heteroatoms. The van der Waals surface area contributed by atoms with E-state index in [1.54, 1.807) is 6.92 Å². The lowest BCUT2D eigenvalue weighted by Crippen LogP contribution is -2.46. The quantitative estimate of drug-likeness (QED) is 0.798. The smallest absolute Gasteiger partial charge is 0.338 e. The Balaban J connectivity index is 1.69. The number of rotatable bonds is 5. The van der Waals surface area contributed by atoms with Crippen molar-refractivity contribution >= 4 is 12.0 Å². The second kappa shape index (κ2) is 7.03. The number of benzene rings is 1. The highest BCUT2D eigenvalue weighted by molar-refractivity contribution is 5.97. The van der Waals surface area contributed by atoms with Crippen LogP contribution >= 0.6 is 0 Å². The van der Waals surface area contributed by atoms with E-state index in [0.29, 0.717) is 29.3 Å². The molecule has 3 heterocycles. The second-order valence-corrected chi connectivity index (χ2v) is 6.71. The number of urea groups is 1. The average molecular weight is 383 g/mol. The first-order valence-electron chi connectivity index (χ1n) is 9.12. The van der Waals surface area contributed by atoms with Gasteiger partial charge in [-0.05, 0) is 38.5 Å². The van der Waals surface area contributed by atoms with E-state index in [2.05, 4.69) is 10.5 Å². The number of carbonyl (C=O) groups excluding carboxylic acids is 2. The van der Waals surface area contributed by atoms with Gasteiger partial charge in [0.15, 0.2) is 0 Å². The minimum atomic E-state index is -0.561. The summed E-state index contributed by atoms with van der Waals surface area (Å²) in [6, 6.07) is 6.47. The Bertz CT molecular complexity index is 941. The number of amides is 2. The second-order valence-electron chi connectivity index (χ2n) is 6.71. The van der Waals surface area contributed by atoms with Crippen LogP contribution in [0.4, 0.5) is 4.79 Å². The van der Waals surface area contributed by atoms with Gasteiger partial charge in [0.1, 0.15) is 18.1 Å². The standard InChI is InChI=1S/C20H21N3O5/c1-4-26-14-7-5-13(6-8-14)18-17-16(10-27-19(17)24)23(20(25)21-18)9-15-11(2)22-28-12(15)3/h5-8,18H,4,9-10H2,1-3H3,(H,21,25). The van der Waals surface area contributed by atoms with Crippen LogP contribution < -0.4 is 10.1 Å². The molecule has 146 valence electrons. The van der Waals surface area contributed by atoms with Crippen LogP contribution in [0.3, 0.4) is 0 Å². The lowest BCUT2D eigenvalue weighted by Gasteiger charge is -2.32. The van der Waals surface area contributed by atoms with Gasteiger partial charge in [0.05, 0.1) is 36.2 Å². The molecule has 0 fully saturated rings. The fraction of sp³-hybridized carbons (Fsp3) is 0.350. The number of esters is 1. The highest BCUT2D eigenvalue weighted by atomic mass is 16.5. The summed E-state index contributed by atoms with van der Waals surface area (Å²) in [4.78, 5) is 26.8. The van der Waals surface area contributed by atoms with Crippen LogP contribution in [0.5, 0.6) is 5.75 Å². The minimum absolute atomic E-state index is 0.0679. The predicted molar refractivity (Wildman–Crippen MR) is 98.4 cm³/mol. The zero-order valence-corrected chi connectivity index (χ0v) is 15.9. The lowest BCUT2D eigenvalue weighted by molar-refractivity contribution is -0.136.